The Balaban J connectivity index is 1.71. The molecule has 0 spiro atoms. The summed E-state index contributed by atoms with van der Waals surface area (Å²) in [5, 5.41) is 7.89. The second-order valence-electron chi connectivity index (χ2n) is 7.95. The summed E-state index contributed by atoms with van der Waals surface area (Å²) in [4.78, 5) is 21.4. The molecule has 0 saturated heterocycles. The molecule has 1 unspecified atom stereocenters. The predicted molar refractivity (Wildman–Crippen MR) is 121 cm³/mol. The fraction of sp³-hybridized carbons (Fsp3) is 0.217. The molecule has 3 heterocycles. The molecule has 1 atom stereocenters. The van der Waals surface area contributed by atoms with Crippen LogP contribution in [0.1, 0.15) is 36.2 Å². The molecule has 0 bridgehead atoms. The van der Waals surface area contributed by atoms with Crippen LogP contribution in [-0.4, -0.2) is 40.3 Å². The van der Waals surface area contributed by atoms with E-state index in [4.69, 9.17) is 0 Å². The number of nitrogens with one attached hydrogen (secondary N) is 1. The molecule has 10 heteroatoms. The van der Waals surface area contributed by atoms with Gasteiger partial charge in [0.15, 0.2) is 14.9 Å². The molecule has 0 fully saturated rings. The third kappa shape index (κ3) is 4.34. The minimum Gasteiger partial charge on any atom is -0.343 e. The van der Waals surface area contributed by atoms with E-state index in [9.17, 15) is 17.6 Å². The molecule has 0 radical (unpaired) electrons. The maximum atomic E-state index is 13.3. The van der Waals surface area contributed by atoms with Crippen molar-refractivity contribution in [2.45, 2.75) is 30.8 Å². The quantitative estimate of drug-likeness (QED) is 0.466. The maximum Gasteiger partial charge on any atom is 0.254 e. The molecule has 170 valence electrons. The zero-order chi connectivity index (χ0) is 23.8. The fourth-order valence-electron chi connectivity index (χ4n) is 3.55. The van der Waals surface area contributed by atoms with Crippen LogP contribution >= 0.6 is 0 Å². The number of carbonyl (C=O) groups excluding carboxylic acids is 1. The molecule has 3 aromatic heterocycles. The molecule has 0 saturated carbocycles. The van der Waals surface area contributed by atoms with Gasteiger partial charge in [0.25, 0.3) is 5.91 Å². The Hall–Kier alpha value is -3.66. The second kappa shape index (κ2) is 8.36. The molecule has 8 nitrogen and oxygen atoms in total. The Morgan fingerprint density at radius 1 is 1.15 bits per heavy atom. The average Bonchev–Trinajstić information content (AvgIpc) is 3.23. The van der Waals surface area contributed by atoms with Gasteiger partial charge in [-0.25, -0.2) is 22.5 Å². The Morgan fingerprint density at radius 3 is 2.55 bits per heavy atom. The van der Waals surface area contributed by atoms with Crippen molar-refractivity contribution in [1.82, 2.24) is 25.1 Å². The first kappa shape index (κ1) is 22.5. The van der Waals surface area contributed by atoms with Crippen molar-refractivity contribution in [2.24, 2.45) is 0 Å². The minimum atomic E-state index is -3.50. The zero-order valence-electron chi connectivity index (χ0n) is 18.3. The molecule has 0 aliphatic heterocycles. The lowest BCUT2D eigenvalue weighted by molar-refractivity contribution is 0.0903. The number of nitrogens with zero attached hydrogens (tertiary/aromatic N) is 4. The lowest BCUT2D eigenvalue weighted by Gasteiger charge is -2.30. The summed E-state index contributed by atoms with van der Waals surface area (Å²) >= 11 is 0. The van der Waals surface area contributed by atoms with E-state index in [2.05, 4.69) is 20.4 Å². The molecule has 4 aromatic rings. The summed E-state index contributed by atoms with van der Waals surface area (Å²) in [7, 11) is -3.50. The number of benzene rings is 1. The number of rotatable bonds is 6. The van der Waals surface area contributed by atoms with Crippen molar-refractivity contribution >= 4 is 26.6 Å². The predicted octanol–water partition coefficient (Wildman–Crippen LogP) is 3.41. The van der Waals surface area contributed by atoms with Crippen molar-refractivity contribution in [3.63, 3.8) is 0 Å². The molecule has 1 N–H and O–H groups in total. The van der Waals surface area contributed by atoms with Gasteiger partial charge in [0.2, 0.25) is 0 Å². The van der Waals surface area contributed by atoms with Crippen LogP contribution in [0.15, 0.2) is 66.2 Å². The van der Waals surface area contributed by atoms with Crippen molar-refractivity contribution in [3.8, 4) is 5.69 Å². The summed E-state index contributed by atoms with van der Waals surface area (Å²) in [5.74, 6) is -0.740. The van der Waals surface area contributed by atoms with Crippen LogP contribution in [0.4, 0.5) is 4.39 Å². The Bertz CT molecular complexity index is 1450. The minimum absolute atomic E-state index is 0.0572. The van der Waals surface area contributed by atoms with E-state index >= 15 is 0 Å². The number of aromatic nitrogens is 4. The van der Waals surface area contributed by atoms with Gasteiger partial charge in [-0.2, -0.15) is 5.10 Å². The number of fused-ring (bicyclic) bond motifs is 1. The van der Waals surface area contributed by atoms with Crippen LogP contribution in [0.2, 0.25) is 0 Å². The SMILES string of the molecule is CCC(C)(NC(=O)c1cncc2c1cnn2-c1ccc(F)cc1)c1ccnc(S(C)(=O)=O)c1. The van der Waals surface area contributed by atoms with Crippen molar-refractivity contribution in [2.75, 3.05) is 6.26 Å². The third-order valence-corrected chi connectivity index (χ3v) is 6.64. The topological polar surface area (TPSA) is 107 Å². The first-order valence-corrected chi connectivity index (χ1v) is 12.1. The van der Waals surface area contributed by atoms with Crippen LogP contribution in [0.25, 0.3) is 16.6 Å². The van der Waals surface area contributed by atoms with Crippen molar-refractivity contribution in [3.05, 3.63) is 78.1 Å². The number of hydrogen-bond acceptors (Lipinski definition) is 6. The summed E-state index contributed by atoms with van der Waals surface area (Å²) in [5.41, 5.74) is 1.31. The molecule has 0 aliphatic carbocycles. The maximum absolute atomic E-state index is 13.3. The van der Waals surface area contributed by atoms with Gasteiger partial charge in [-0.05, 0) is 55.3 Å². The number of hydrogen-bond donors (Lipinski definition) is 1. The van der Waals surface area contributed by atoms with E-state index in [0.717, 1.165) is 6.26 Å². The van der Waals surface area contributed by atoms with Crippen molar-refractivity contribution in [1.29, 1.82) is 0 Å². The van der Waals surface area contributed by atoms with E-state index < -0.39 is 15.4 Å². The summed E-state index contributed by atoms with van der Waals surface area (Å²) in [6, 6.07) is 9.00. The first-order chi connectivity index (χ1) is 15.6. The van der Waals surface area contributed by atoms with Crippen LogP contribution < -0.4 is 5.32 Å². The van der Waals surface area contributed by atoms with E-state index in [1.807, 2.05) is 13.8 Å². The Kier molecular flexibility index (Phi) is 5.71. The number of amides is 1. The molecular weight excluding hydrogens is 445 g/mol. The van der Waals surface area contributed by atoms with Gasteiger partial charge >= 0.3 is 0 Å². The largest absolute Gasteiger partial charge is 0.343 e. The van der Waals surface area contributed by atoms with Gasteiger partial charge in [0.1, 0.15) is 5.82 Å². The first-order valence-electron chi connectivity index (χ1n) is 10.2. The Labute approximate surface area is 190 Å². The highest BCUT2D eigenvalue weighted by molar-refractivity contribution is 7.90. The highest BCUT2D eigenvalue weighted by atomic mass is 32.2. The van der Waals surface area contributed by atoms with E-state index in [-0.39, 0.29) is 16.8 Å². The molecule has 0 aliphatic rings. The number of carbonyl (C=O) groups is 1. The number of sulfone groups is 1. The van der Waals surface area contributed by atoms with Crippen LogP contribution in [0.3, 0.4) is 0 Å². The third-order valence-electron chi connectivity index (χ3n) is 5.66. The lowest BCUT2D eigenvalue weighted by Crippen LogP contribution is -2.43. The molecule has 1 aromatic carbocycles. The lowest BCUT2D eigenvalue weighted by atomic mass is 9.89. The van der Waals surface area contributed by atoms with Crippen LogP contribution in [0.5, 0.6) is 0 Å². The fourth-order valence-corrected chi connectivity index (χ4v) is 4.14. The van der Waals surface area contributed by atoms with Crippen LogP contribution in [-0.2, 0) is 15.4 Å². The second-order valence-corrected chi connectivity index (χ2v) is 9.91. The highest BCUT2D eigenvalue weighted by Gasteiger charge is 2.29. The number of halogens is 1. The van der Waals surface area contributed by atoms with E-state index in [0.29, 0.717) is 34.1 Å². The number of pyridine rings is 2. The molecule has 4 rings (SSSR count). The van der Waals surface area contributed by atoms with Crippen molar-refractivity contribution < 1.29 is 17.6 Å². The normalized spacial score (nSPS) is 13.6. The smallest absolute Gasteiger partial charge is 0.254 e. The molecular formula is C23H22FN5O3S. The summed E-state index contributed by atoms with van der Waals surface area (Å²) in [6.07, 6.45) is 7.62. The zero-order valence-corrected chi connectivity index (χ0v) is 19.1. The summed E-state index contributed by atoms with van der Waals surface area (Å²) in [6.45, 7) is 3.72. The van der Waals surface area contributed by atoms with Crippen LogP contribution in [0, 0.1) is 5.82 Å². The van der Waals surface area contributed by atoms with Gasteiger partial charge in [-0.1, -0.05) is 6.92 Å². The van der Waals surface area contributed by atoms with Gasteiger partial charge in [0.05, 0.1) is 34.7 Å². The van der Waals surface area contributed by atoms with Gasteiger partial charge in [-0.15, -0.1) is 0 Å². The summed E-state index contributed by atoms with van der Waals surface area (Å²) < 4.78 is 38.8. The van der Waals surface area contributed by atoms with Gasteiger partial charge < -0.3 is 5.32 Å². The van der Waals surface area contributed by atoms with E-state index in [1.165, 1.54) is 30.6 Å². The van der Waals surface area contributed by atoms with E-state index in [1.54, 1.807) is 35.3 Å². The highest BCUT2D eigenvalue weighted by Crippen LogP contribution is 2.28. The standard InChI is InChI=1S/C23H22FN5O3S/c1-4-23(2,15-9-10-26-21(11-15)33(3,31)32)28-22(30)19-12-25-14-20-18(19)13-27-29(20)17-7-5-16(24)6-8-17/h5-14H,4H2,1-3H3,(H,28,30). The molecule has 1 amide bonds. The van der Waals surface area contributed by atoms with Gasteiger partial charge in [-0.3, -0.25) is 9.78 Å². The monoisotopic (exact) mass is 467 g/mol. The molecule has 33 heavy (non-hydrogen) atoms. The Morgan fingerprint density at radius 2 is 1.88 bits per heavy atom. The average molecular weight is 468 g/mol. The van der Waals surface area contributed by atoms with Gasteiger partial charge in [0, 0.05) is 24.0 Å².